The van der Waals surface area contributed by atoms with Gasteiger partial charge in [-0.15, -0.1) is 11.8 Å². The van der Waals surface area contributed by atoms with Crippen molar-refractivity contribution in [2.24, 2.45) is 5.92 Å². The second-order valence-electron chi connectivity index (χ2n) is 10.2. The summed E-state index contributed by atoms with van der Waals surface area (Å²) in [5.41, 5.74) is 1.90. The number of carbonyl (C=O) groups is 2. The van der Waals surface area contributed by atoms with Crippen molar-refractivity contribution in [1.29, 1.82) is 0 Å². The van der Waals surface area contributed by atoms with E-state index in [2.05, 4.69) is 9.72 Å². The third-order valence-electron chi connectivity index (χ3n) is 7.07. The molecule has 5 rings (SSSR count). The number of aromatic nitrogens is 1. The van der Waals surface area contributed by atoms with Gasteiger partial charge in [-0.2, -0.15) is 8.78 Å². The Morgan fingerprint density at radius 3 is 2.56 bits per heavy atom. The minimum atomic E-state index is -3.04. The second kappa shape index (κ2) is 14.1. The molecule has 2 aliphatic rings. The molecule has 8 nitrogen and oxygen atoms in total. The fourth-order valence-electron chi connectivity index (χ4n) is 4.69. The number of ether oxygens (including phenoxy) is 3. The highest BCUT2D eigenvalue weighted by Crippen LogP contribution is 2.39. The Labute approximate surface area is 261 Å². The Morgan fingerprint density at radius 2 is 1.86 bits per heavy atom. The summed E-state index contributed by atoms with van der Waals surface area (Å²) in [4.78, 5) is 31.0. The third-order valence-corrected chi connectivity index (χ3v) is 8.95. The smallest absolute Gasteiger partial charge is 0.387 e. The molecule has 2 atom stereocenters. The molecule has 0 bridgehead atoms. The van der Waals surface area contributed by atoms with Gasteiger partial charge in [0.15, 0.2) is 16.9 Å². The molecule has 0 radical (unpaired) electrons. The first-order chi connectivity index (χ1) is 20.7. The molecule has 13 heteroatoms. The van der Waals surface area contributed by atoms with E-state index in [1.165, 1.54) is 42.4 Å². The van der Waals surface area contributed by atoms with Crippen LogP contribution in [0.1, 0.15) is 46.0 Å². The summed E-state index contributed by atoms with van der Waals surface area (Å²) in [5.74, 6) is -0.526. The number of carbonyl (C=O) groups excluding carboxylic acids is 1. The summed E-state index contributed by atoms with van der Waals surface area (Å²) >= 11 is 14.2. The number of carboxylic acid groups (broad SMARTS) is 1. The Kier molecular flexibility index (Phi) is 10.3. The number of halogens is 4. The van der Waals surface area contributed by atoms with E-state index in [0.29, 0.717) is 42.5 Å². The van der Waals surface area contributed by atoms with Crippen LogP contribution in [0.15, 0.2) is 54.9 Å². The fraction of sp³-hybridized carbons (Fsp3) is 0.367. The lowest BCUT2D eigenvalue weighted by Crippen LogP contribution is -2.36. The SMILES string of the molecule is O=C(O)c1cccc(CN2CCS[C@H]2C(=O)O[C@@H](Cc2c(Cl)cncc2Cl)c2ccc(OC(F)F)c(OCC3CC3)c2)c1. The first kappa shape index (κ1) is 31.3. The number of carboxylic acids is 1. The summed E-state index contributed by atoms with van der Waals surface area (Å²) in [7, 11) is 0. The molecule has 3 aromatic rings. The van der Waals surface area contributed by atoms with Crippen molar-refractivity contribution in [2.45, 2.75) is 43.9 Å². The quantitative estimate of drug-likeness (QED) is 0.198. The van der Waals surface area contributed by atoms with Crippen LogP contribution >= 0.6 is 35.0 Å². The number of hydrogen-bond donors (Lipinski definition) is 1. The minimum Gasteiger partial charge on any atom is -0.489 e. The fourth-order valence-corrected chi connectivity index (χ4v) is 6.35. The molecular weight excluding hydrogens is 625 g/mol. The van der Waals surface area contributed by atoms with Crippen LogP contribution < -0.4 is 9.47 Å². The molecule has 228 valence electrons. The average Bonchev–Trinajstić information content (AvgIpc) is 3.69. The maximum atomic E-state index is 13.7. The van der Waals surface area contributed by atoms with Crippen LogP contribution in [-0.4, -0.2) is 57.8 Å². The number of alkyl halides is 2. The van der Waals surface area contributed by atoms with Gasteiger partial charge in [-0.3, -0.25) is 9.88 Å². The number of thioether (sulfide) groups is 1. The summed E-state index contributed by atoms with van der Waals surface area (Å²) in [6, 6.07) is 11.0. The van der Waals surface area contributed by atoms with E-state index in [4.69, 9.17) is 32.7 Å². The van der Waals surface area contributed by atoms with Gasteiger partial charge in [0.25, 0.3) is 0 Å². The summed E-state index contributed by atoms with van der Waals surface area (Å²) in [5, 5.41) is 9.26. The lowest BCUT2D eigenvalue weighted by Gasteiger charge is -2.26. The molecule has 1 N–H and O–H groups in total. The average molecular weight is 654 g/mol. The Balaban J connectivity index is 1.41. The molecule has 0 amide bonds. The van der Waals surface area contributed by atoms with Crippen molar-refractivity contribution in [3.05, 3.63) is 87.2 Å². The normalized spacial score (nSPS) is 17.6. The van der Waals surface area contributed by atoms with E-state index in [1.54, 1.807) is 24.3 Å². The summed E-state index contributed by atoms with van der Waals surface area (Å²) in [6.45, 7) is -1.75. The van der Waals surface area contributed by atoms with Crippen LogP contribution in [0.5, 0.6) is 11.5 Å². The number of rotatable bonds is 13. The molecule has 43 heavy (non-hydrogen) atoms. The van der Waals surface area contributed by atoms with Crippen LogP contribution in [0.2, 0.25) is 10.0 Å². The van der Waals surface area contributed by atoms with Crippen molar-refractivity contribution in [1.82, 2.24) is 9.88 Å². The number of nitrogens with zero attached hydrogens (tertiary/aromatic N) is 2. The zero-order chi connectivity index (χ0) is 30.5. The number of benzene rings is 2. The molecule has 2 fully saturated rings. The Hall–Kier alpha value is -3.12. The van der Waals surface area contributed by atoms with Crippen LogP contribution in [0.3, 0.4) is 0 Å². The van der Waals surface area contributed by atoms with Gasteiger partial charge in [-0.1, -0.05) is 41.4 Å². The highest BCUT2D eigenvalue weighted by atomic mass is 35.5. The van der Waals surface area contributed by atoms with Gasteiger partial charge in [-0.05, 0) is 59.7 Å². The van der Waals surface area contributed by atoms with Crippen molar-refractivity contribution >= 4 is 46.9 Å². The maximum Gasteiger partial charge on any atom is 0.387 e. The lowest BCUT2D eigenvalue weighted by molar-refractivity contribution is -0.152. The molecule has 1 aromatic heterocycles. The largest absolute Gasteiger partial charge is 0.489 e. The van der Waals surface area contributed by atoms with Gasteiger partial charge in [0.1, 0.15) is 6.10 Å². The minimum absolute atomic E-state index is 0.0844. The standard InChI is InChI=1S/C30H28Cl2F2N2O6S/c31-22-13-35-14-23(32)21(22)12-25(19-6-7-24(42-30(33)34)26(11-19)40-16-17-4-5-17)41-29(39)27-36(8-9-43-27)15-18-2-1-3-20(10-18)28(37)38/h1-3,6-7,10-11,13-14,17,25,27,30H,4-5,8-9,12,15-16H2,(H,37,38)/t25-,27-/m0/s1. The van der Waals surface area contributed by atoms with Crippen LogP contribution in [0.25, 0.3) is 0 Å². The van der Waals surface area contributed by atoms with E-state index < -0.39 is 30.0 Å². The predicted molar refractivity (Wildman–Crippen MR) is 158 cm³/mol. The number of hydrogen-bond acceptors (Lipinski definition) is 8. The number of esters is 1. The van der Waals surface area contributed by atoms with E-state index in [-0.39, 0.29) is 33.5 Å². The Morgan fingerprint density at radius 1 is 1.09 bits per heavy atom. The van der Waals surface area contributed by atoms with Crippen LogP contribution in [-0.2, 0) is 22.5 Å². The monoisotopic (exact) mass is 652 g/mol. The summed E-state index contributed by atoms with van der Waals surface area (Å²) < 4.78 is 42.9. The zero-order valence-electron chi connectivity index (χ0n) is 22.8. The van der Waals surface area contributed by atoms with E-state index >= 15 is 0 Å². The first-order valence-electron chi connectivity index (χ1n) is 13.6. The number of aromatic carboxylic acids is 1. The highest BCUT2D eigenvalue weighted by Gasteiger charge is 2.35. The van der Waals surface area contributed by atoms with Gasteiger partial charge >= 0.3 is 18.6 Å². The molecule has 1 saturated heterocycles. The molecule has 0 spiro atoms. The van der Waals surface area contributed by atoms with Crippen molar-refractivity contribution in [3.8, 4) is 11.5 Å². The topological polar surface area (TPSA) is 98.2 Å². The van der Waals surface area contributed by atoms with Gasteiger partial charge < -0.3 is 19.3 Å². The van der Waals surface area contributed by atoms with Gasteiger partial charge in [0.05, 0.1) is 22.2 Å². The van der Waals surface area contributed by atoms with Gasteiger partial charge in [0, 0.05) is 37.7 Å². The van der Waals surface area contributed by atoms with E-state index in [9.17, 15) is 23.5 Å². The molecule has 0 unspecified atom stereocenters. The highest BCUT2D eigenvalue weighted by molar-refractivity contribution is 8.00. The predicted octanol–water partition coefficient (Wildman–Crippen LogP) is 6.88. The maximum absolute atomic E-state index is 13.7. The molecule has 1 aliphatic heterocycles. The summed E-state index contributed by atoms with van der Waals surface area (Å²) in [6.07, 6.45) is 4.05. The van der Waals surface area contributed by atoms with Crippen LogP contribution in [0, 0.1) is 5.92 Å². The molecule has 1 aliphatic carbocycles. The van der Waals surface area contributed by atoms with Gasteiger partial charge in [-0.25, -0.2) is 9.59 Å². The zero-order valence-corrected chi connectivity index (χ0v) is 25.1. The molecule has 2 aromatic carbocycles. The van der Waals surface area contributed by atoms with E-state index in [1.807, 2.05) is 4.90 Å². The van der Waals surface area contributed by atoms with Crippen molar-refractivity contribution in [2.75, 3.05) is 18.9 Å². The Bertz CT molecular complexity index is 1460. The third kappa shape index (κ3) is 8.29. The molecule has 2 heterocycles. The first-order valence-corrected chi connectivity index (χ1v) is 15.4. The van der Waals surface area contributed by atoms with Crippen LogP contribution in [0.4, 0.5) is 8.78 Å². The second-order valence-corrected chi connectivity index (χ2v) is 12.3. The number of pyridine rings is 1. The molecule has 1 saturated carbocycles. The lowest BCUT2D eigenvalue weighted by atomic mass is 10.0. The van der Waals surface area contributed by atoms with Crippen molar-refractivity contribution < 1.29 is 37.7 Å². The van der Waals surface area contributed by atoms with Gasteiger partial charge in [0.2, 0.25) is 0 Å². The molecular formula is C30H28Cl2F2N2O6S. The van der Waals surface area contributed by atoms with Crippen molar-refractivity contribution in [3.63, 3.8) is 0 Å². The van der Waals surface area contributed by atoms with E-state index in [0.717, 1.165) is 18.4 Å².